The first-order chi connectivity index (χ1) is 7.92. The maximum Gasteiger partial charge on any atom is 0.0690 e. The predicted octanol–water partition coefficient (Wildman–Crippen LogP) is 2.72. The molecule has 0 unspecified atom stereocenters. The quantitative estimate of drug-likeness (QED) is 0.849. The minimum atomic E-state index is -0.396. The minimum Gasteiger partial charge on any atom is -0.390 e. The molecular formula is C15H22O2. The van der Waals surface area contributed by atoms with Crippen LogP contribution in [0.5, 0.6) is 0 Å². The monoisotopic (exact) mass is 234 g/mol. The summed E-state index contributed by atoms with van der Waals surface area (Å²) in [6, 6.07) is 8.53. The minimum absolute atomic E-state index is 0.115. The number of rotatable bonds is 5. The van der Waals surface area contributed by atoms with E-state index in [9.17, 15) is 5.11 Å². The van der Waals surface area contributed by atoms with Gasteiger partial charge in [0.1, 0.15) is 0 Å². The summed E-state index contributed by atoms with van der Waals surface area (Å²) in [7, 11) is 1.75. The molecule has 1 fully saturated rings. The Kier molecular flexibility index (Phi) is 3.28. The van der Waals surface area contributed by atoms with Gasteiger partial charge in [-0.15, -0.1) is 0 Å². The fourth-order valence-electron chi connectivity index (χ4n) is 2.04. The lowest BCUT2D eigenvalue weighted by molar-refractivity contribution is 0.0232. The first-order valence-corrected chi connectivity index (χ1v) is 6.28. The zero-order chi connectivity index (χ0) is 12.5. The van der Waals surface area contributed by atoms with Crippen molar-refractivity contribution < 1.29 is 9.84 Å². The molecule has 0 radical (unpaired) electrons. The molecule has 0 saturated heterocycles. The van der Waals surface area contributed by atoms with Crippen LogP contribution in [0.4, 0.5) is 0 Å². The maximum atomic E-state index is 9.86. The highest BCUT2D eigenvalue weighted by Gasteiger charge is 2.39. The van der Waals surface area contributed by atoms with Gasteiger partial charge in [-0.1, -0.05) is 24.3 Å². The van der Waals surface area contributed by atoms with Crippen molar-refractivity contribution in [2.75, 3.05) is 7.11 Å². The molecule has 1 aliphatic carbocycles. The fraction of sp³-hybridized carbons (Fsp3) is 0.600. The molecule has 0 aromatic heterocycles. The van der Waals surface area contributed by atoms with Gasteiger partial charge in [-0.25, -0.2) is 0 Å². The average Bonchev–Trinajstić information content (AvgIpc) is 2.99. The summed E-state index contributed by atoms with van der Waals surface area (Å²) < 4.78 is 5.42. The van der Waals surface area contributed by atoms with Crippen LogP contribution in [0.3, 0.4) is 0 Å². The summed E-state index contributed by atoms with van der Waals surface area (Å²) in [5, 5.41) is 9.86. The normalized spacial score (nSPS) is 18.1. The number of methoxy groups -OCH3 is 1. The second kappa shape index (κ2) is 4.43. The largest absolute Gasteiger partial charge is 0.390 e. The van der Waals surface area contributed by atoms with Gasteiger partial charge in [0.2, 0.25) is 0 Å². The van der Waals surface area contributed by atoms with Gasteiger partial charge in [-0.3, -0.25) is 0 Å². The van der Waals surface area contributed by atoms with Gasteiger partial charge in [0, 0.05) is 20.0 Å². The van der Waals surface area contributed by atoms with E-state index in [0.29, 0.717) is 0 Å². The number of hydrogen-bond donors (Lipinski definition) is 1. The summed E-state index contributed by atoms with van der Waals surface area (Å²) in [6.07, 6.45) is 3.60. The summed E-state index contributed by atoms with van der Waals surface area (Å²) in [4.78, 5) is 0. The van der Waals surface area contributed by atoms with Crippen molar-refractivity contribution in [3.63, 3.8) is 0 Å². The van der Waals surface area contributed by atoms with Crippen LogP contribution in [-0.2, 0) is 17.6 Å². The average molecular weight is 234 g/mol. The zero-order valence-corrected chi connectivity index (χ0v) is 11.0. The van der Waals surface area contributed by atoms with Gasteiger partial charge >= 0.3 is 0 Å². The van der Waals surface area contributed by atoms with Crippen LogP contribution < -0.4 is 0 Å². The summed E-state index contributed by atoms with van der Waals surface area (Å²) in [6.45, 7) is 4.18. The van der Waals surface area contributed by atoms with E-state index in [1.54, 1.807) is 7.11 Å². The van der Waals surface area contributed by atoms with E-state index in [4.69, 9.17) is 4.74 Å². The van der Waals surface area contributed by atoms with E-state index in [1.165, 1.54) is 11.1 Å². The highest BCUT2D eigenvalue weighted by Crippen LogP contribution is 2.38. The Morgan fingerprint density at radius 1 is 1.18 bits per heavy atom. The zero-order valence-electron chi connectivity index (χ0n) is 11.0. The highest BCUT2D eigenvalue weighted by molar-refractivity contribution is 5.26. The standard InChI is InChI=1S/C15H22O2/c1-14(2,17-3)10-12-4-6-13(7-5-12)11-15(16)8-9-15/h4-7,16H,8-11H2,1-3H3. The van der Waals surface area contributed by atoms with Gasteiger partial charge in [-0.05, 0) is 37.8 Å². The number of benzene rings is 1. The highest BCUT2D eigenvalue weighted by atomic mass is 16.5. The van der Waals surface area contributed by atoms with Gasteiger partial charge in [-0.2, -0.15) is 0 Å². The van der Waals surface area contributed by atoms with E-state index >= 15 is 0 Å². The molecule has 2 heteroatoms. The molecule has 0 bridgehead atoms. The molecule has 1 aromatic carbocycles. The summed E-state index contributed by atoms with van der Waals surface area (Å²) in [5.41, 5.74) is 2.00. The molecule has 1 N–H and O–H groups in total. The van der Waals surface area contributed by atoms with E-state index in [-0.39, 0.29) is 5.60 Å². The molecule has 0 atom stereocenters. The Hall–Kier alpha value is -0.860. The summed E-state index contributed by atoms with van der Waals surface area (Å²) in [5.74, 6) is 0. The SMILES string of the molecule is COC(C)(C)Cc1ccc(CC2(O)CC2)cc1. The van der Waals surface area contributed by atoms with Crippen molar-refractivity contribution in [3.05, 3.63) is 35.4 Å². The molecule has 0 spiro atoms. The van der Waals surface area contributed by atoms with Crippen LogP contribution in [-0.4, -0.2) is 23.4 Å². The van der Waals surface area contributed by atoms with Crippen LogP contribution in [0.25, 0.3) is 0 Å². The van der Waals surface area contributed by atoms with Gasteiger partial charge in [0.15, 0.2) is 0 Å². The maximum absolute atomic E-state index is 9.86. The van der Waals surface area contributed by atoms with Crippen LogP contribution in [0.15, 0.2) is 24.3 Å². The van der Waals surface area contributed by atoms with Crippen molar-refractivity contribution in [2.45, 2.75) is 50.7 Å². The van der Waals surface area contributed by atoms with Crippen LogP contribution in [0.1, 0.15) is 37.8 Å². The molecule has 17 heavy (non-hydrogen) atoms. The molecular weight excluding hydrogens is 212 g/mol. The Labute approximate surface area is 104 Å². The number of aliphatic hydroxyl groups is 1. The molecule has 1 aliphatic rings. The molecule has 2 nitrogen and oxygen atoms in total. The van der Waals surface area contributed by atoms with Crippen LogP contribution >= 0.6 is 0 Å². The second-order valence-electron chi connectivity index (χ2n) is 5.86. The number of hydrogen-bond acceptors (Lipinski definition) is 2. The first-order valence-electron chi connectivity index (χ1n) is 6.28. The summed E-state index contributed by atoms with van der Waals surface area (Å²) >= 11 is 0. The van der Waals surface area contributed by atoms with E-state index in [2.05, 4.69) is 38.1 Å². The third-order valence-electron chi connectivity index (χ3n) is 3.57. The molecule has 1 aromatic rings. The molecule has 1 saturated carbocycles. The Morgan fingerprint density at radius 3 is 2.18 bits per heavy atom. The van der Waals surface area contributed by atoms with Crippen molar-refractivity contribution >= 4 is 0 Å². The second-order valence-corrected chi connectivity index (χ2v) is 5.86. The third-order valence-corrected chi connectivity index (χ3v) is 3.57. The first kappa shape index (κ1) is 12.6. The lowest BCUT2D eigenvalue weighted by Gasteiger charge is -2.23. The molecule has 0 amide bonds. The van der Waals surface area contributed by atoms with E-state index < -0.39 is 5.60 Å². The van der Waals surface area contributed by atoms with Crippen molar-refractivity contribution in [1.82, 2.24) is 0 Å². The smallest absolute Gasteiger partial charge is 0.0690 e. The Morgan fingerprint density at radius 2 is 1.71 bits per heavy atom. The fourth-order valence-corrected chi connectivity index (χ4v) is 2.04. The van der Waals surface area contributed by atoms with Crippen molar-refractivity contribution in [2.24, 2.45) is 0 Å². The lowest BCUT2D eigenvalue weighted by atomic mass is 9.96. The van der Waals surface area contributed by atoms with Crippen molar-refractivity contribution in [1.29, 1.82) is 0 Å². The number of ether oxygens (including phenoxy) is 1. The Bertz CT molecular complexity index is 374. The third kappa shape index (κ3) is 3.55. The molecule has 2 rings (SSSR count). The topological polar surface area (TPSA) is 29.5 Å². The van der Waals surface area contributed by atoms with Crippen LogP contribution in [0, 0.1) is 0 Å². The lowest BCUT2D eigenvalue weighted by Crippen LogP contribution is -2.25. The van der Waals surface area contributed by atoms with Gasteiger partial charge in [0.25, 0.3) is 0 Å². The molecule has 0 aliphatic heterocycles. The van der Waals surface area contributed by atoms with E-state index in [0.717, 1.165) is 25.7 Å². The van der Waals surface area contributed by atoms with E-state index in [1.807, 2.05) is 0 Å². The van der Waals surface area contributed by atoms with Crippen molar-refractivity contribution in [3.8, 4) is 0 Å². The Balaban J connectivity index is 1.98. The van der Waals surface area contributed by atoms with Crippen LogP contribution in [0.2, 0.25) is 0 Å². The van der Waals surface area contributed by atoms with Gasteiger partial charge in [0.05, 0.1) is 11.2 Å². The molecule has 0 heterocycles. The molecule has 94 valence electrons. The predicted molar refractivity (Wildman–Crippen MR) is 69.1 cm³/mol. The van der Waals surface area contributed by atoms with Gasteiger partial charge < -0.3 is 9.84 Å².